The predicted molar refractivity (Wildman–Crippen MR) is 95.4 cm³/mol. The number of anilines is 1. The highest BCUT2D eigenvalue weighted by molar-refractivity contribution is 7.99. The van der Waals surface area contributed by atoms with Crippen molar-refractivity contribution in [3.63, 3.8) is 0 Å². The molecule has 2 amide bonds. The lowest BCUT2D eigenvalue weighted by molar-refractivity contribution is -0.113. The Bertz CT molecular complexity index is 908. The van der Waals surface area contributed by atoms with Gasteiger partial charge in [0.2, 0.25) is 11.8 Å². The van der Waals surface area contributed by atoms with Crippen molar-refractivity contribution in [3.8, 4) is 0 Å². The number of benzene rings is 2. The number of halogens is 1. The molecule has 0 atom stereocenters. The first-order chi connectivity index (χ1) is 11.5. The van der Waals surface area contributed by atoms with E-state index in [2.05, 4.69) is 15.3 Å². The number of primary amides is 1. The molecule has 122 valence electrons. The van der Waals surface area contributed by atoms with Gasteiger partial charge in [-0.05, 0) is 42.5 Å². The maximum atomic E-state index is 12.0. The molecule has 0 fully saturated rings. The van der Waals surface area contributed by atoms with Gasteiger partial charge in [-0.15, -0.1) is 0 Å². The summed E-state index contributed by atoms with van der Waals surface area (Å²) < 4.78 is 0. The first kappa shape index (κ1) is 16.4. The summed E-state index contributed by atoms with van der Waals surface area (Å²) in [6, 6.07) is 11.8. The highest BCUT2D eigenvalue weighted by Gasteiger charge is 2.08. The second-order valence-corrected chi connectivity index (χ2v) is 6.38. The fraction of sp³-hybridized carbons (Fsp3) is 0.0625. The van der Waals surface area contributed by atoms with E-state index in [4.69, 9.17) is 17.3 Å². The molecular formula is C16H13ClN4O2S. The fourth-order valence-electron chi connectivity index (χ4n) is 2.08. The number of nitrogens with one attached hydrogen (secondary N) is 2. The normalized spacial score (nSPS) is 10.7. The first-order valence-electron chi connectivity index (χ1n) is 6.99. The van der Waals surface area contributed by atoms with Crippen molar-refractivity contribution in [1.82, 2.24) is 9.97 Å². The van der Waals surface area contributed by atoms with Gasteiger partial charge in [-0.25, -0.2) is 4.98 Å². The highest BCUT2D eigenvalue weighted by atomic mass is 35.5. The summed E-state index contributed by atoms with van der Waals surface area (Å²) in [6.45, 7) is 0. The third-order valence-electron chi connectivity index (χ3n) is 3.22. The van der Waals surface area contributed by atoms with Crippen LogP contribution in [0.1, 0.15) is 10.4 Å². The van der Waals surface area contributed by atoms with Gasteiger partial charge in [-0.1, -0.05) is 23.4 Å². The van der Waals surface area contributed by atoms with Crippen LogP contribution >= 0.6 is 23.4 Å². The van der Waals surface area contributed by atoms with Crippen molar-refractivity contribution in [2.75, 3.05) is 11.1 Å². The van der Waals surface area contributed by atoms with Gasteiger partial charge >= 0.3 is 0 Å². The summed E-state index contributed by atoms with van der Waals surface area (Å²) in [6.07, 6.45) is 0. The molecule has 0 saturated heterocycles. The third kappa shape index (κ3) is 3.87. The van der Waals surface area contributed by atoms with Crippen LogP contribution in [-0.4, -0.2) is 27.5 Å². The number of H-pyrrole nitrogens is 1. The standard InChI is InChI=1S/C16H13ClN4O2S/c17-10-3-6-12-13(7-10)21-16(20-12)24-8-14(22)19-11-4-1-9(2-5-11)15(18)23/h1-7H,8H2,(H2,18,23)(H,19,22)(H,20,21). The van der Waals surface area contributed by atoms with E-state index in [-0.39, 0.29) is 11.7 Å². The lowest BCUT2D eigenvalue weighted by atomic mass is 10.2. The summed E-state index contributed by atoms with van der Waals surface area (Å²) in [5.74, 6) is -0.482. The molecule has 2 aromatic carbocycles. The SMILES string of the molecule is NC(=O)c1ccc(NC(=O)CSc2nc3ccc(Cl)cc3[nH]2)cc1. The Labute approximate surface area is 146 Å². The maximum Gasteiger partial charge on any atom is 0.248 e. The molecule has 0 aliphatic rings. The molecule has 0 bridgehead atoms. The average molecular weight is 361 g/mol. The number of imidazole rings is 1. The average Bonchev–Trinajstić information content (AvgIpc) is 2.95. The van der Waals surface area contributed by atoms with Crippen LogP contribution < -0.4 is 11.1 Å². The van der Waals surface area contributed by atoms with Crippen molar-refractivity contribution >= 4 is 51.9 Å². The zero-order valence-electron chi connectivity index (χ0n) is 12.4. The van der Waals surface area contributed by atoms with Crippen LogP contribution in [0.2, 0.25) is 5.02 Å². The Morgan fingerprint density at radius 1 is 1.21 bits per heavy atom. The maximum absolute atomic E-state index is 12.0. The molecule has 0 saturated carbocycles. The summed E-state index contributed by atoms with van der Waals surface area (Å²) in [5, 5.41) is 4.02. The van der Waals surface area contributed by atoms with Crippen LogP contribution in [0.25, 0.3) is 11.0 Å². The van der Waals surface area contributed by atoms with Crippen LogP contribution in [0, 0.1) is 0 Å². The summed E-state index contributed by atoms with van der Waals surface area (Å²) in [4.78, 5) is 30.5. The van der Waals surface area contributed by atoms with Crippen molar-refractivity contribution in [3.05, 3.63) is 53.1 Å². The van der Waals surface area contributed by atoms with Crippen molar-refractivity contribution in [2.24, 2.45) is 5.73 Å². The Balaban J connectivity index is 1.59. The summed E-state index contributed by atoms with van der Waals surface area (Å²) in [7, 11) is 0. The topological polar surface area (TPSA) is 101 Å². The molecule has 0 radical (unpaired) electrons. The molecular weight excluding hydrogens is 348 g/mol. The van der Waals surface area contributed by atoms with Crippen LogP contribution in [0.3, 0.4) is 0 Å². The number of aromatic nitrogens is 2. The Kier molecular flexibility index (Phi) is 4.73. The number of aromatic amines is 1. The van der Waals surface area contributed by atoms with Crippen molar-refractivity contribution in [1.29, 1.82) is 0 Å². The number of fused-ring (bicyclic) bond motifs is 1. The third-order valence-corrected chi connectivity index (χ3v) is 4.32. The van der Waals surface area contributed by atoms with E-state index in [1.165, 1.54) is 11.8 Å². The minimum absolute atomic E-state index is 0.176. The number of nitrogens with zero attached hydrogens (tertiary/aromatic N) is 1. The second kappa shape index (κ2) is 6.94. The lowest BCUT2D eigenvalue weighted by Gasteiger charge is -2.04. The number of rotatable bonds is 5. The number of amides is 2. The van der Waals surface area contributed by atoms with Crippen molar-refractivity contribution in [2.45, 2.75) is 5.16 Å². The molecule has 0 aliphatic heterocycles. The first-order valence-corrected chi connectivity index (χ1v) is 8.35. The molecule has 24 heavy (non-hydrogen) atoms. The van der Waals surface area contributed by atoms with Gasteiger partial charge in [0.05, 0.1) is 16.8 Å². The quantitative estimate of drug-likeness (QED) is 0.608. The summed E-state index contributed by atoms with van der Waals surface area (Å²) >= 11 is 7.22. The predicted octanol–water partition coefficient (Wildman–Crippen LogP) is 3.05. The van der Waals surface area contributed by atoms with Crippen LogP contribution in [0.5, 0.6) is 0 Å². The molecule has 4 N–H and O–H groups in total. The minimum atomic E-state index is -0.506. The van der Waals surface area contributed by atoms with E-state index >= 15 is 0 Å². The lowest BCUT2D eigenvalue weighted by Crippen LogP contribution is -2.15. The van der Waals surface area contributed by atoms with Gasteiger partial charge in [0, 0.05) is 16.3 Å². The fourth-order valence-corrected chi connectivity index (χ4v) is 2.93. The molecule has 8 heteroatoms. The Hall–Kier alpha value is -2.51. The number of carbonyl (C=O) groups excluding carboxylic acids is 2. The molecule has 0 aliphatic carbocycles. The van der Waals surface area contributed by atoms with Gasteiger partial charge < -0.3 is 16.0 Å². The largest absolute Gasteiger partial charge is 0.366 e. The molecule has 0 spiro atoms. The monoisotopic (exact) mass is 360 g/mol. The zero-order valence-corrected chi connectivity index (χ0v) is 13.9. The molecule has 1 aromatic heterocycles. The molecule has 3 aromatic rings. The number of thioether (sulfide) groups is 1. The van der Waals surface area contributed by atoms with Crippen LogP contribution in [0.15, 0.2) is 47.6 Å². The zero-order chi connectivity index (χ0) is 17.1. The van der Waals surface area contributed by atoms with Gasteiger partial charge in [0.25, 0.3) is 0 Å². The van der Waals surface area contributed by atoms with E-state index in [9.17, 15) is 9.59 Å². The molecule has 0 unspecified atom stereocenters. The van der Waals surface area contributed by atoms with E-state index < -0.39 is 5.91 Å². The minimum Gasteiger partial charge on any atom is -0.366 e. The van der Waals surface area contributed by atoms with Crippen LogP contribution in [-0.2, 0) is 4.79 Å². The van der Waals surface area contributed by atoms with Crippen molar-refractivity contribution < 1.29 is 9.59 Å². The van der Waals surface area contributed by atoms with Gasteiger partial charge in [-0.2, -0.15) is 0 Å². The second-order valence-electron chi connectivity index (χ2n) is 4.98. The van der Waals surface area contributed by atoms with E-state index in [0.29, 0.717) is 21.4 Å². The Morgan fingerprint density at radius 3 is 2.67 bits per heavy atom. The number of nitrogens with two attached hydrogens (primary N) is 1. The number of carbonyl (C=O) groups is 2. The van der Waals surface area contributed by atoms with Crippen LogP contribution in [0.4, 0.5) is 5.69 Å². The highest BCUT2D eigenvalue weighted by Crippen LogP contribution is 2.22. The number of hydrogen-bond acceptors (Lipinski definition) is 4. The van der Waals surface area contributed by atoms with E-state index in [1.54, 1.807) is 36.4 Å². The smallest absolute Gasteiger partial charge is 0.248 e. The summed E-state index contributed by atoms with van der Waals surface area (Å²) in [5.41, 5.74) is 7.78. The Morgan fingerprint density at radius 2 is 1.96 bits per heavy atom. The number of hydrogen-bond donors (Lipinski definition) is 3. The van der Waals surface area contributed by atoms with Gasteiger partial charge in [0.15, 0.2) is 5.16 Å². The van der Waals surface area contributed by atoms with E-state index in [1.807, 2.05) is 6.07 Å². The molecule has 6 nitrogen and oxygen atoms in total. The van der Waals surface area contributed by atoms with Gasteiger partial charge in [0.1, 0.15) is 0 Å². The van der Waals surface area contributed by atoms with E-state index in [0.717, 1.165) is 11.0 Å². The molecule has 1 heterocycles. The molecule has 3 rings (SSSR count). The van der Waals surface area contributed by atoms with Gasteiger partial charge in [-0.3, -0.25) is 9.59 Å².